The molecule has 2 heterocycles. The lowest BCUT2D eigenvalue weighted by Crippen LogP contribution is -2.45. The second-order valence-corrected chi connectivity index (χ2v) is 6.13. The van der Waals surface area contributed by atoms with E-state index in [1.807, 2.05) is 13.2 Å². The van der Waals surface area contributed by atoms with Gasteiger partial charge in [0.05, 0.1) is 10.8 Å². The largest absolute Gasteiger partial charge is 0.339 e. The van der Waals surface area contributed by atoms with E-state index in [-0.39, 0.29) is 0 Å². The Labute approximate surface area is 143 Å². The van der Waals surface area contributed by atoms with Crippen LogP contribution >= 0.6 is 0 Å². The summed E-state index contributed by atoms with van der Waals surface area (Å²) in [5, 5.41) is 2.49. The van der Waals surface area contributed by atoms with E-state index in [0.29, 0.717) is 0 Å². The van der Waals surface area contributed by atoms with Gasteiger partial charge in [-0.3, -0.25) is 0 Å². The standard InChI is InChI=1S/C20H25N4/c1-5-21(3)15-23-13-7-9-17-11-12-18-10-8-14-24(16-22(4)6-2)20(18)19(17)23/h5-14H,1,15-16H2,2-4H3/q+3. The Balaban J connectivity index is 2.32. The van der Waals surface area contributed by atoms with Crippen LogP contribution in [0.25, 0.3) is 21.8 Å². The minimum Gasteiger partial charge on any atom is -0.327 e. The highest BCUT2D eigenvalue weighted by molar-refractivity contribution is 5.98. The van der Waals surface area contributed by atoms with E-state index in [1.165, 1.54) is 21.8 Å². The van der Waals surface area contributed by atoms with Crippen molar-refractivity contribution in [1.29, 1.82) is 0 Å². The summed E-state index contributed by atoms with van der Waals surface area (Å²) >= 11 is 0. The Hall–Kier alpha value is -2.75. The van der Waals surface area contributed by atoms with Crippen molar-refractivity contribution < 1.29 is 13.7 Å². The summed E-state index contributed by atoms with van der Waals surface area (Å²) in [4.78, 5) is 2.08. The summed E-state index contributed by atoms with van der Waals surface area (Å²) < 4.78 is 6.77. The van der Waals surface area contributed by atoms with E-state index >= 15 is 0 Å². The van der Waals surface area contributed by atoms with E-state index in [0.717, 1.165) is 13.3 Å². The van der Waals surface area contributed by atoms with Crippen LogP contribution in [-0.2, 0) is 13.3 Å². The lowest BCUT2D eigenvalue weighted by Gasteiger charge is -2.10. The molecule has 0 fully saturated rings. The van der Waals surface area contributed by atoms with Crippen LogP contribution in [0.15, 0.2) is 61.6 Å². The zero-order chi connectivity index (χ0) is 17.1. The maximum absolute atomic E-state index is 3.86. The minimum absolute atomic E-state index is 0.768. The highest BCUT2D eigenvalue weighted by Gasteiger charge is 2.23. The Morgan fingerprint density at radius 2 is 1.62 bits per heavy atom. The fourth-order valence-corrected chi connectivity index (χ4v) is 2.99. The SMILES string of the molecule is C=CN(C)C[n+]1cccc2ccc3ccc[n+](C[N+](C)=CC)c3c21. The number of pyridine rings is 2. The Morgan fingerprint density at radius 3 is 2.21 bits per heavy atom. The van der Waals surface area contributed by atoms with Gasteiger partial charge in [0.1, 0.15) is 13.3 Å². The van der Waals surface area contributed by atoms with Gasteiger partial charge in [-0.15, -0.1) is 4.57 Å². The van der Waals surface area contributed by atoms with E-state index in [4.69, 9.17) is 0 Å². The molecule has 0 radical (unpaired) electrons. The molecule has 3 rings (SSSR count). The maximum Gasteiger partial charge on any atom is 0.339 e. The third-order valence-corrected chi connectivity index (χ3v) is 4.37. The first-order valence-electron chi connectivity index (χ1n) is 8.20. The van der Waals surface area contributed by atoms with Gasteiger partial charge >= 0.3 is 6.67 Å². The number of fused-ring (bicyclic) bond motifs is 3. The Morgan fingerprint density at radius 1 is 1.04 bits per heavy atom. The maximum atomic E-state index is 3.86. The molecule has 1 aromatic carbocycles. The summed E-state index contributed by atoms with van der Waals surface area (Å²) in [5.74, 6) is 0. The van der Waals surface area contributed by atoms with Gasteiger partial charge in [0, 0.05) is 26.1 Å². The number of hydrogen-bond donors (Lipinski definition) is 0. The van der Waals surface area contributed by atoms with E-state index in [9.17, 15) is 0 Å². The van der Waals surface area contributed by atoms with Crippen LogP contribution in [0.5, 0.6) is 0 Å². The van der Waals surface area contributed by atoms with Crippen LogP contribution in [0.2, 0.25) is 0 Å². The second-order valence-electron chi connectivity index (χ2n) is 6.13. The Bertz CT molecular complexity index is 927. The predicted molar refractivity (Wildman–Crippen MR) is 97.7 cm³/mol. The van der Waals surface area contributed by atoms with Gasteiger partial charge < -0.3 is 4.90 Å². The van der Waals surface area contributed by atoms with E-state index < -0.39 is 0 Å². The van der Waals surface area contributed by atoms with Crippen molar-refractivity contribution in [3.05, 3.63) is 61.6 Å². The predicted octanol–water partition coefficient (Wildman–Crippen LogP) is 2.29. The lowest BCUT2D eigenvalue weighted by molar-refractivity contribution is -0.826. The fourth-order valence-electron chi connectivity index (χ4n) is 2.99. The third kappa shape index (κ3) is 3.00. The molecule has 0 bridgehead atoms. The average Bonchev–Trinajstić information content (AvgIpc) is 2.61. The van der Waals surface area contributed by atoms with Crippen molar-refractivity contribution in [3.8, 4) is 0 Å². The molecule has 122 valence electrons. The van der Waals surface area contributed by atoms with Crippen LogP contribution < -0.4 is 9.13 Å². The lowest BCUT2D eigenvalue weighted by atomic mass is 10.1. The molecule has 0 N–H and O–H groups in total. The quantitative estimate of drug-likeness (QED) is 0.399. The van der Waals surface area contributed by atoms with Gasteiger partial charge in [0.2, 0.25) is 6.67 Å². The van der Waals surface area contributed by atoms with Gasteiger partial charge in [-0.05, 0) is 30.5 Å². The summed E-state index contributed by atoms with van der Waals surface area (Å²) in [5.41, 5.74) is 2.50. The molecule has 24 heavy (non-hydrogen) atoms. The van der Waals surface area contributed by atoms with Crippen molar-refractivity contribution in [1.82, 2.24) is 4.90 Å². The van der Waals surface area contributed by atoms with Crippen LogP contribution in [0.1, 0.15) is 6.92 Å². The molecule has 0 aliphatic rings. The van der Waals surface area contributed by atoms with Crippen LogP contribution in [0.4, 0.5) is 0 Å². The molecule has 0 spiro atoms. The zero-order valence-electron chi connectivity index (χ0n) is 14.7. The number of hydrogen-bond acceptors (Lipinski definition) is 1. The molecule has 2 aromatic heterocycles. The van der Waals surface area contributed by atoms with Crippen molar-refractivity contribution in [2.24, 2.45) is 0 Å². The fraction of sp³-hybridized carbons (Fsp3) is 0.250. The number of aromatic nitrogens is 2. The molecule has 0 amide bonds. The van der Waals surface area contributed by atoms with Gasteiger partial charge in [0.25, 0.3) is 11.0 Å². The molecular formula is C20H25N4+3. The van der Waals surface area contributed by atoms with Crippen LogP contribution in [-0.4, -0.2) is 29.8 Å². The smallest absolute Gasteiger partial charge is 0.327 e. The number of rotatable bonds is 5. The van der Waals surface area contributed by atoms with Gasteiger partial charge in [-0.1, -0.05) is 6.58 Å². The molecule has 3 aromatic rings. The molecular weight excluding hydrogens is 296 g/mol. The second kappa shape index (κ2) is 6.79. The molecule has 0 saturated heterocycles. The van der Waals surface area contributed by atoms with Crippen molar-refractivity contribution >= 4 is 28.0 Å². The first-order valence-corrected chi connectivity index (χ1v) is 8.20. The molecule has 0 saturated carbocycles. The molecule has 0 aliphatic carbocycles. The van der Waals surface area contributed by atoms with Gasteiger partial charge in [-0.25, -0.2) is 0 Å². The summed E-state index contributed by atoms with van der Waals surface area (Å²) in [6, 6.07) is 13.0. The molecule has 0 unspecified atom stereocenters. The molecule has 4 heteroatoms. The van der Waals surface area contributed by atoms with E-state index in [1.54, 1.807) is 0 Å². The monoisotopic (exact) mass is 321 g/mol. The highest BCUT2D eigenvalue weighted by atomic mass is 15.2. The number of benzene rings is 1. The van der Waals surface area contributed by atoms with Crippen molar-refractivity contribution in [2.45, 2.75) is 20.3 Å². The van der Waals surface area contributed by atoms with E-state index in [2.05, 4.69) is 94.2 Å². The van der Waals surface area contributed by atoms with Crippen LogP contribution in [0, 0.1) is 0 Å². The third-order valence-electron chi connectivity index (χ3n) is 4.37. The summed E-state index contributed by atoms with van der Waals surface area (Å²) in [7, 11) is 4.13. The minimum atomic E-state index is 0.768. The summed E-state index contributed by atoms with van der Waals surface area (Å²) in [6.07, 6.45) is 8.23. The normalized spacial score (nSPS) is 11.9. The molecule has 0 atom stereocenters. The van der Waals surface area contributed by atoms with Crippen molar-refractivity contribution in [3.63, 3.8) is 0 Å². The Kier molecular flexibility index (Phi) is 4.56. The van der Waals surface area contributed by atoms with Crippen molar-refractivity contribution in [2.75, 3.05) is 14.1 Å². The first-order chi connectivity index (χ1) is 11.6. The molecule has 0 aliphatic heterocycles. The van der Waals surface area contributed by atoms with Gasteiger partial charge in [0.15, 0.2) is 12.4 Å². The average molecular weight is 321 g/mol. The summed E-state index contributed by atoms with van der Waals surface area (Å²) in [6.45, 7) is 7.51. The van der Waals surface area contributed by atoms with Gasteiger partial charge in [-0.2, -0.15) is 9.14 Å². The highest BCUT2D eigenvalue weighted by Crippen LogP contribution is 2.19. The topological polar surface area (TPSA) is 14.0 Å². The first kappa shape index (κ1) is 16.1. The zero-order valence-corrected chi connectivity index (χ0v) is 14.7. The molecule has 4 nitrogen and oxygen atoms in total. The number of nitrogens with zero attached hydrogens (tertiary/aromatic N) is 4. The van der Waals surface area contributed by atoms with Crippen LogP contribution in [0.3, 0.4) is 0 Å².